The minimum absolute atomic E-state index is 0.0464. The lowest BCUT2D eigenvalue weighted by molar-refractivity contribution is -0.144. The van der Waals surface area contributed by atoms with Gasteiger partial charge in [0.2, 0.25) is 5.91 Å². The molecule has 4 heteroatoms. The first-order chi connectivity index (χ1) is 9.21. The van der Waals surface area contributed by atoms with Gasteiger partial charge in [0.15, 0.2) is 0 Å². The van der Waals surface area contributed by atoms with E-state index in [4.69, 9.17) is 5.73 Å². The van der Waals surface area contributed by atoms with Crippen molar-refractivity contribution in [1.82, 2.24) is 4.90 Å². The molecule has 3 nitrogen and oxygen atoms in total. The van der Waals surface area contributed by atoms with E-state index in [1.165, 1.54) is 6.07 Å². The maximum atomic E-state index is 14.2. The molecule has 2 rings (SSSR count). The number of carbonyl (C=O) groups is 1. The Morgan fingerprint density at radius 3 is 2.60 bits per heavy atom. The van der Waals surface area contributed by atoms with Crippen molar-refractivity contribution in [2.75, 3.05) is 0 Å². The van der Waals surface area contributed by atoms with Gasteiger partial charge in [-0.25, -0.2) is 4.39 Å². The maximum Gasteiger partial charge on any atom is 0.223 e. The molecule has 2 unspecified atom stereocenters. The van der Waals surface area contributed by atoms with Crippen LogP contribution in [0.1, 0.15) is 50.8 Å². The standard InChI is InChI=1S/C16H23FN2O/c1-10-5-6-12(17)11(9-10)15-13(18)7-8-14(20)19(15)16(2,3)4/h5-6,9,13,15H,7-8,18H2,1-4H3. The number of rotatable bonds is 1. The van der Waals surface area contributed by atoms with Crippen molar-refractivity contribution in [3.05, 3.63) is 35.1 Å². The van der Waals surface area contributed by atoms with E-state index in [9.17, 15) is 9.18 Å². The van der Waals surface area contributed by atoms with Crippen molar-refractivity contribution in [2.45, 2.75) is 58.2 Å². The van der Waals surface area contributed by atoms with Crippen LogP contribution in [0.15, 0.2) is 18.2 Å². The minimum Gasteiger partial charge on any atom is -0.329 e. The molecular formula is C16H23FN2O. The fraction of sp³-hybridized carbons (Fsp3) is 0.562. The molecule has 1 aliphatic heterocycles. The van der Waals surface area contributed by atoms with Crippen LogP contribution in [0, 0.1) is 12.7 Å². The summed E-state index contributed by atoms with van der Waals surface area (Å²) in [7, 11) is 0. The summed E-state index contributed by atoms with van der Waals surface area (Å²) in [6.07, 6.45) is 1.03. The summed E-state index contributed by atoms with van der Waals surface area (Å²) in [4.78, 5) is 14.1. The highest BCUT2D eigenvalue weighted by atomic mass is 19.1. The van der Waals surface area contributed by atoms with Crippen molar-refractivity contribution in [3.63, 3.8) is 0 Å². The molecule has 1 amide bonds. The van der Waals surface area contributed by atoms with Crippen molar-refractivity contribution in [3.8, 4) is 0 Å². The number of hydrogen-bond acceptors (Lipinski definition) is 2. The molecule has 0 radical (unpaired) electrons. The molecule has 0 aliphatic carbocycles. The molecule has 0 saturated carbocycles. The van der Waals surface area contributed by atoms with Crippen LogP contribution >= 0.6 is 0 Å². The van der Waals surface area contributed by atoms with E-state index < -0.39 is 6.04 Å². The molecule has 0 bridgehead atoms. The van der Waals surface area contributed by atoms with Gasteiger partial charge < -0.3 is 10.6 Å². The molecule has 2 atom stereocenters. The van der Waals surface area contributed by atoms with Crippen molar-refractivity contribution in [2.24, 2.45) is 5.73 Å². The lowest BCUT2D eigenvalue weighted by Gasteiger charge is -2.47. The molecule has 1 heterocycles. The van der Waals surface area contributed by atoms with Gasteiger partial charge in [0, 0.05) is 23.6 Å². The third-order valence-electron chi connectivity index (χ3n) is 3.84. The predicted octanol–water partition coefficient (Wildman–Crippen LogP) is 2.92. The Labute approximate surface area is 120 Å². The van der Waals surface area contributed by atoms with Crippen LogP contribution in [0.4, 0.5) is 4.39 Å². The van der Waals surface area contributed by atoms with E-state index in [-0.39, 0.29) is 23.3 Å². The van der Waals surface area contributed by atoms with Crippen LogP contribution in [0.25, 0.3) is 0 Å². The zero-order valence-electron chi connectivity index (χ0n) is 12.6. The van der Waals surface area contributed by atoms with Gasteiger partial charge in [-0.15, -0.1) is 0 Å². The summed E-state index contributed by atoms with van der Waals surface area (Å²) >= 11 is 0. The lowest BCUT2D eigenvalue weighted by Crippen LogP contribution is -2.56. The number of likely N-dealkylation sites (tertiary alicyclic amines) is 1. The Balaban J connectivity index is 2.53. The molecule has 0 aromatic heterocycles. The first kappa shape index (κ1) is 15.0. The maximum absolute atomic E-state index is 14.2. The number of benzene rings is 1. The molecule has 2 N–H and O–H groups in total. The summed E-state index contributed by atoms with van der Waals surface area (Å²) in [6, 6.07) is 4.37. The second kappa shape index (κ2) is 5.17. The smallest absolute Gasteiger partial charge is 0.223 e. The molecule has 0 spiro atoms. The fourth-order valence-corrected chi connectivity index (χ4v) is 2.97. The average molecular weight is 278 g/mol. The number of nitrogens with two attached hydrogens (primary N) is 1. The van der Waals surface area contributed by atoms with Gasteiger partial charge >= 0.3 is 0 Å². The SMILES string of the molecule is Cc1ccc(F)c(C2C(N)CCC(=O)N2C(C)(C)C)c1. The van der Waals surface area contributed by atoms with E-state index in [2.05, 4.69) is 0 Å². The van der Waals surface area contributed by atoms with Gasteiger partial charge in [0.05, 0.1) is 6.04 Å². The molecule has 110 valence electrons. The van der Waals surface area contributed by atoms with Crippen LogP contribution in [-0.4, -0.2) is 22.4 Å². The summed E-state index contributed by atoms with van der Waals surface area (Å²) in [5.74, 6) is -0.245. The van der Waals surface area contributed by atoms with E-state index in [1.807, 2.05) is 27.7 Å². The van der Waals surface area contributed by atoms with Crippen molar-refractivity contribution in [1.29, 1.82) is 0 Å². The van der Waals surface area contributed by atoms with Gasteiger partial charge in [0.1, 0.15) is 5.82 Å². The van der Waals surface area contributed by atoms with E-state index in [0.29, 0.717) is 18.4 Å². The quantitative estimate of drug-likeness (QED) is 0.858. The number of amides is 1. The topological polar surface area (TPSA) is 46.3 Å². The highest BCUT2D eigenvalue weighted by molar-refractivity contribution is 5.78. The number of halogens is 1. The first-order valence-electron chi connectivity index (χ1n) is 7.05. The molecule has 1 aromatic rings. The number of carbonyl (C=O) groups excluding carboxylic acids is 1. The molecule has 1 fully saturated rings. The molecular weight excluding hydrogens is 255 g/mol. The highest BCUT2D eigenvalue weighted by Gasteiger charge is 2.41. The Kier molecular flexibility index (Phi) is 3.87. The van der Waals surface area contributed by atoms with Crippen molar-refractivity contribution < 1.29 is 9.18 Å². The summed E-state index contributed by atoms with van der Waals surface area (Å²) in [5, 5.41) is 0. The molecule has 1 aromatic carbocycles. The number of piperidine rings is 1. The second-order valence-corrected chi connectivity index (χ2v) is 6.61. The van der Waals surface area contributed by atoms with Gasteiger partial charge in [-0.1, -0.05) is 17.7 Å². The number of hydrogen-bond donors (Lipinski definition) is 1. The summed E-state index contributed by atoms with van der Waals surface area (Å²) in [5.41, 5.74) is 7.34. The van der Waals surface area contributed by atoms with Crippen LogP contribution in [0.3, 0.4) is 0 Å². The second-order valence-electron chi connectivity index (χ2n) is 6.61. The largest absolute Gasteiger partial charge is 0.329 e. The average Bonchev–Trinajstić information content (AvgIpc) is 2.33. The minimum atomic E-state index is -0.392. The third kappa shape index (κ3) is 2.70. The van der Waals surface area contributed by atoms with Crippen LogP contribution in [-0.2, 0) is 4.79 Å². The van der Waals surface area contributed by atoms with Gasteiger partial charge in [0.25, 0.3) is 0 Å². The molecule has 20 heavy (non-hydrogen) atoms. The third-order valence-corrected chi connectivity index (χ3v) is 3.84. The Morgan fingerprint density at radius 2 is 2.00 bits per heavy atom. The highest BCUT2D eigenvalue weighted by Crippen LogP contribution is 2.37. The van der Waals surface area contributed by atoms with Crippen molar-refractivity contribution >= 4 is 5.91 Å². The zero-order valence-corrected chi connectivity index (χ0v) is 12.6. The van der Waals surface area contributed by atoms with Crippen LogP contribution in [0.5, 0.6) is 0 Å². The van der Waals surface area contributed by atoms with Crippen LogP contribution < -0.4 is 5.73 Å². The van der Waals surface area contributed by atoms with Crippen LogP contribution in [0.2, 0.25) is 0 Å². The summed E-state index contributed by atoms with van der Waals surface area (Å²) in [6.45, 7) is 7.80. The lowest BCUT2D eigenvalue weighted by atomic mass is 9.86. The number of aryl methyl sites for hydroxylation is 1. The molecule has 1 saturated heterocycles. The number of nitrogens with zero attached hydrogens (tertiary/aromatic N) is 1. The van der Waals surface area contributed by atoms with E-state index >= 15 is 0 Å². The zero-order chi connectivity index (χ0) is 15.1. The van der Waals surface area contributed by atoms with E-state index in [0.717, 1.165) is 5.56 Å². The Morgan fingerprint density at radius 1 is 1.35 bits per heavy atom. The Hall–Kier alpha value is -1.42. The normalized spacial score (nSPS) is 24.1. The fourth-order valence-electron chi connectivity index (χ4n) is 2.97. The monoisotopic (exact) mass is 278 g/mol. The summed E-state index contributed by atoms with van der Waals surface area (Å²) < 4.78 is 14.2. The molecule has 1 aliphatic rings. The predicted molar refractivity (Wildman–Crippen MR) is 77.7 cm³/mol. The first-order valence-corrected chi connectivity index (χ1v) is 7.05. The van der Waals surface area contributed by atoms with Gasteiger partial charge in [-0.2, -0.15) is 0 Å². The van der Waals surface area contributed by atoms with Gasteiger partial charge in [-0.05, 0) is 40.2 Å². The Bertz CT molecular complexity index is 522. The van der Waals surface area contributed by atoms with Gasteiger partial charge in [-0.3, -0.25) is 4.79 Å². The van der Waals surface area contributed by atoms with E-state index in [1.54, 1.807) is 17.0 Å².